The van der Waals surface area contributed by atoms with Crippen LogP contribution in [0.15, 0.2) is 29.6 Å². The highest BCUT2D eigenvalue weighted by atomic mass is 32.1. The molecule has 1 aliphatic heterocycles. The summed E-state index contributed by atoms with van der Waals surface area (Å²) in [5.41, 5.74) is 2.14. The van der Waals surface area contributed by atoms with Crippen molar-refractivity contribution in [2.75, 3.05) is 0 Å². The molecule has 1 N–H and O–H groups in total. The van der Waals surface area contributed by atoms with Gasteiger partial charge in [-0.25, -0.2) is 4.98 Å². The molecule has 4 rings (SSSR count). The fourth-order valence-electron chi connectivity index (χ4n) is 4.29. The third-order valence-electron chi connectivity index (χ3n) is 5.55. The minimum absolute atomic E-state index is 0.0621. The fraction of sp³-hybridized carbons (Fsp3) is 0.524. The largest absolute Gasteiger partial charge is 0.487 e. The Kier molecular flexibility index (Phi) is 4.98. The first-order valence-corrected chi connectivity index (χ1v) is 10.5. The summed E-state index contributed by atoms with van der Waals surface area (Å²) in [7, 11) is 0. The Hall–Kier alpha value is -1.88. The molecule has 138 valence electrons. The van der Waals surface area contributed by atoms with E-state index in [1.807, 2.05) is 25.1 Å². The number of carbonyl (C=O) groups excluding carboxylic acids is 1. The van der Waals surface area contributed by atoms with Crippen molar-refractivity contribution < 1.29 is 9.53 Å². The molecule has 0 saturated heterocycles. The number of hydrogen-bond donors (Lipinski definition) is 1. The smallest absolute Gasteiger partial charge is 0.220 e. The second kappa shape index (κ2) is 7.39. The van der Waals surface area contributed by atoms with E-state index in [0.29, 0.717) is 6.42 Å². The van der Waals surface area contributed by atoms with Gasteiger partial charge in [-0.1, -0.05) is 18.2 Å². The van der Waals surface area contributed by atoms with Crippen molar-refractivity contribution in [3.8, 4) is 5.75 Å². The maximum Gasteiger partial charge on any atom is 0.220 e. The second-order valence-corrected chi connectivity index (χ2v) is 8.63. The summed E-state index contributed by atoms with van der Waals surface area (Å²) >= 11 is 1.67. The van der Waals surface area contributed by atoms with Crippen molar-refractivity contribution >= 4 is 17.2 Å². The first-order chi connectivity index (χ1) is 12.6. The molecule has 1 spiro atoms. The molecule has 1 aliphatic carbocycles. The molecule has 2 aromatic rings. The van der Waals surface area contributed by atoms with E-state index in [4.69, 9.17) is 4.74 Å². The Balaban J connectivity index is 1.38. The van der Waals surface area contributed by atoms with Crippen LogP contribution in [0.2, 0.25) is 0 Å². The molecule has 1 amide bonds. The lowest BCUT2D eigenvalue weighted by molar-refractivity contribution is -0.122. The summed E-state index contributed by atoms with van der Waals surface area (Å²) in [4.78, 5) is 17.0. The number of fused-ring (bicyclic) bond motifs is 1. The minimum Gasteiger partial charge on any atom is -0.487 e. The van der Waals surface area contributed by atoms with Crippen LogP contribution in [0.4, 0.5) is 0 Å². The molecule has 0 radical (unpaired) electrons. The van der Waals surface area contributed by atoms with E-state index in [0.717, 1.165) is 54.1 Å². The van der Waals surface area contributed by atoms with E-state index in [9.17, 15) is 4.79 Å². The van der Waals surface area contributed by atoms with Crippen molar-refractivity contribution in [3.05, 3.63) is 45.9 Å². The van der Waals surface area contributed by atoms with Crippen LogP contribution in [0.3, 0.4) is 0 Å². The standard InChI is InChI=1S/C21H26N2O2S/c1-15-22-16(14-26-15)7-6-10-20(24)23-18-13-21(11-4-5-12-21)25-19-9-3-2-8-17(18)19/h2-3,8-9,14,18H,4-7,10-13H2,1H3,(H,23,24). The number of nitrogens with one attached hydrogen (secondary N) is 1. The average molecular weight is 371 g/mol. The molecule has 5 heteroatoms. The fourth-order valence-corrected chi connectivity index (χ4v) is 4.94. The summed E-state index contributed by atoms with van der Waals surface area (Å²) in [6, 6.07) is 8.23. The van der Waals surface area contributed by atoms with Crippen LogP contribution in [-0.2, 0) is 11.2 Å². The number of aryl methyl sites for hydroxylation is 2. The molecular formula is C21H26N2O2S. The highest BCUT2D eigenvalue weighted by Crippen LogP contribution is 2.46. The lowest BCUT2D eigenvalue weighted by Crippen LogP contribution is -2.43. The van der Waals surface area contributed by atoms with Gasteiger partial charge < -0.3 is 10.1 Å². The van der Waals surface area contributed by atoms with Crippen LogP contribution in [-0.4, -0.2) is 16.5 Å². The molecule has 1 aromatic heterocycles. The van der Waals surface area contributed by atoms with Crippen LogP contribution in [0.1, 0.15) is 67.3 Å². The zero-order valence-electron chi connectivity index (χ0n) is 15.3. The molecule has 4 nitrogen and oxygen atoms in total. The van der Waals surface area contributed by atoms with Crippen LogP contribution in [0, 0.1) is 6.92 Å². The van der Waals surface area contributed by atoms with Crippen LogP contribution < -0.4 is 10.1 Å². The topological polar surface area (TPSA) is 51.2 Å². The highest BCUT2D eigenvalue weighted by Gasteiger charge is 2.43. The van der Waals surface area contributed by atoms with Gasteiger partial charge in [-0.3, -0.25) is 4.79 Å². The third kappa shape index (κ3) is 3.78. The number of ether oxygens (including phenoxy) is 1. The van der Waals surface area contributed by atoms with Gasteiger partial charge in [0.05, 0.1) is 16.7 Å². The molecule has 1 unspecified atom stereocenters. The van der Waals surface area contributed by atoms with Crippen LogP contribution in [0.25, 0.3) is 0 Å². The number of aromatic nitrogens is 1. The van der Waals surface area contributed by atoms with E-state index >= 15 is 0 Å². The van der Waals surface area contributed by atoms with Crippen molar-refractivity contribution in [2.24, 2.45) is 0 Å². The maximum atomic E-state index is 12.6. The lowest BCUT2D eigenvalue weighted by atomic mass is 9.86. The zero-order valence-corrected chi connectivity index (χ0v) is 16.1. The van der Waals surface area contributed by atoms with Gasteiger partial charge in [0.1, 0.15) is 11.4 Å². The first-order valence-electron chi connectivity index (χ1n) is 9.62. The normalized spacial score (nSPS) is 20.6. The second-order valence-electron chi connectivity index (χ2n) is 7.57. The van der Waals surface area contributed by atoms with E-state index in [1.165, 1.54) is 12.8 Å². The van der Waals surface area contributed by atoms with Crippen molar-refractivity contribution in [1.82, 2.24) is 10.3 Å². The number of para-hydroxylation sites is 1. The van der Waals surface area contributed by atoms with E-state index in [1.54, 1.807) is 11.3 Å². The van der Waals surface area contributed by atoms with E-state index in [-0.39, 0.29) is 17.6 Å². The number of carbonyl (C=O) groups is 1. The molecule has 1 aromatic carbocycles. The maximum absolute atomic E-state index is 12.6. The molecular weight excluding hydrogens is 344 g/mol. The molecule has 1 saturated carbocycles. The van der Waals surface area contributed by atoms with Gasteiger partial charge in [0.25, 0.3) is 0 Å². The number of thiazole rings is 1. The number of nitrogens with zero attached hydrogens (tertiary/aromatic N) is 1. The predicted molar refractivity (Wildman–Crippen MR) is 104 cm³/mol. The zero-order chi connectivity index (χ0) is 18.0. The van der Waals surface area contributed by atoms with Gasteiger partial charge in [0.2, 0.25) is 5.91 Å². The summed E-state index contributed by atoms with van der Waals surface area (Å²) in [5.74, 6) is 1.08. The van der Waals surface area contributed by atoms with Crippen LogP contribution in [0.5, 0.6) is 5.75 Å². The molecule has 0 bridgehead atoms. The highest BCUT2D eigenvalue weighted by molar-refractivity contribution is 7.09. The van der Waals surface area contributed by atoms with Gasteiger partial charge in [-0.15, -0.1) is 11.3 Å². The number of benzene rings is 1. The minimum atomic E-state index is -0.0789. The number of rotatable bonds is 5. The van der Waals surface area contributed by atoms with Gasteiger partial charge in [0, 0.05) is 23.8 Å². The van der Waals surface area contributed by atoms with Gasteiger partial charge in [0.15, 0.2) is 0 Å². The molecule has 1 atom stereocenters. The Bertz CT molecular complexity index is 780. The van der Waals surface area contributed by atoms with Crippen LogP contribution >= 0.6 is 11.3 Å². The lowest BCUT2D eigenvalue weighted by Gasteiger charge is -2.40. The third-order valence-corrected chi connectivity index (χ3v) is 6.37. The van der Waals surface area contributed by atoms with E-state index in [2.05, 4.69) is 21.7 Å². The number of hydrogen-bond acceptors (Lipinski definition) is 4. The van der Waals surface area contributed by atoms with Gasteiger partial charge in [-0.2, -0.15) is 0 Å². The summed E-state index contributed by atoms with van der Waals surface area (Å²) < 4.78 is 6.38. The SMILES string of the molecule is Cc1nc(CCCC(=O)NC2CC3(CCCC3)Oc3ccccc32)cs1. The average Bonchev–Trinajstić information content (AvgIpc) is 3.24. The molecule has 26 heavy (non-hydrogen) atoms. The van der Waals surface area contributed by atoms with E-state index < -0.39 is 0 Å². The Morgan fingerprint density at radius 3 is 2.92 bits per heavy atom. The Morgan fingerprint density at radius 2 is 2.15 bits per heavy atom. The quantitative estimate of drug-likeness (QED) is 0.828. The Labute approximate surface area is 159 Å². The first kappa shape index (κ1) is 17.5. The molecule has 1 fully saturated rings. The van der Waals surface area contributed by atoms with Gasteiger partial charge >= 0.3 is 0 Å². The molecule has 2 aliphatic rings. The monoisotopic (exact) mass is 370 g/mol. The predicted octanol–water partition coefficient (Wildman–Crippen LogP) is 4.73. The molecule has 2 heterocycles. The Morgan fingerprint density at radius 1 is 1.35 bits per heavy atom. The van der Waals surface area contributed by atoms with Gasteiger partial charge in [-0.05, 0) is 51.5 Å². The van der Waals surface area contributed by atoms with Crippen molar-refractivity contribution in [2.45, 2.75) is 69.9 Å². The summed E-state index contributed by atoms with van der Waals surface area (Å²) in [6.07, 6.45) is 7.76. The van der Waals surface area contributed by atoms with Crippen molar-refractivity contribution in [3.63, 3.8) is 0 Å². The summed E-state index contributed by atoms with van der Waals surface area (Å²) in [5, 5.41) is 6.46. The summed E-state index contributed by atoms with van der Waals surface area (Å²) in [6.45, 7) is 2.02. The van der Waals surface area contributed by atoms with Crippen molar-refractivity contribution in [1.29, 1.82) is 0 Å². The number of amides is 1.